The molecule has 1 saturated heterocycles. The molecule has 4 nitrogen and oxygen atoms in total. The summed E-state index contributed by atoms with van der Waals surface area (Å²) in [5, 5.41) is 5.62. The summed E-state index contributed by atoms with van der Waals surface area (Å²) in [6.45, 7) is 0.771. The smallest absolute Gasteiger partial charge is 0.280 e. The van der Waals surface area contributed by atoms with Gasteiger partial charge in [-0.2, -0.15) is 5.16 Å². The average molecular weight is 294 g/mol. The lowest BCUT2D eigenvalue weighted by Gasteiger charge is -2.29. The van der Waals surface area contributed by atoms with Crippen molar-refractivity contribution in [1.29, 1.82) is 0 Å². The number of halogens is 2. The molecule has 2 N–H and O–H groups in total. The van der Waals surface area contributed by atoms with Crippen molar-refractivity contribution in [2.75, 3.05) is 6.54 Å². The van der Waals surface area contributed by atoms with E-state index in [0.717, 1.165) is 25.5 Å². The van der Waals surface area contributed by atoms with Crippen LogP contribution in [0.4, 0.5) is 8.78 Å². The molecular weight excluding hydrogens is 278 g/mol. The van der Waals surface area contributed by atoms with Crippen LogP contribution in [0.1, 0.15) is 30.1 Å². The fourth-order valence-electron chi connectivity index (χ4n) is 2.87. The van der Waals surface area contributed by atoms with Gasteiger partial charge in [-0.15, -0.1) is 0 Å². The summed E-state index contributed by atoms with van der Waals surface area (Å²) in [6, 6.07) is 5.19. The van der Waals surface area contributed by atoms with Crippen LogP contribution in [0.5, 0.6) is 0 Å². The Bertz CT molecular complexity index is 680. The Kier molecular flexibility index (Phi) is 3.88. The Labute approximate surface area is 120 Å². The summed E-state index contributed by atoms with van der Waals surface area (Å²) in [6.07, 6.45) is 2.10. The summed E-state index contributed by atoms with van der Waals surface area (Å²) in [7, 11) is 0. The molecule has 0 amide bonds. The molecule has 0 spiro atoms. The minimum atomic E-state index is -0.570. The molecule has 21 heavy (non-hydrogen) atoms. The van der Waals surface area contributed by atoms with Crippen molar-refractivity contribution in [2.45, 2.75) is 31.2 Å². The molecule has 112 valence electrons. The van der Waals surface area contributed by atoms with E-state index in [9.17, 15) is 13.6 Å². The maximum atomic E-state index is 13.7. The molecule has 0 saturated carbocycles. The van der Waals surface area contributed by atoms with E-state index in [0.29, 0.717) is 17.7 Å². The third-order valence-electron chi connectivity index (χ3n) is 3.92. The van der Waals surface area contributed by atoms with E-state index in [1.807, 2.05) is 0 Å². The van der Waals surface area contributed by atoms with Crippen LogP contribution >= 0.6 is 0 Å². The average Bonchev–Trinajstić information content (AvgIpc) is 2.89. The first kappa shape index (κ1) is 14.0. The zero-order valence-electron chi connectivity index (χ0n) is 11.4. The predicted octanol–water partition coefficient (Wildman–Crippen LogP) is 2.32. The standard InChI is InChI=1S/C15H16F2N2O2/c16-11-2-1-9(13(17)7-11)5-12-6-10(3-4-18-12)14-8-15(20)19-21-14/h1-2,7-8,10,12,18H,3-6H2,(H,19,20)/t10-,12+/m0/s1. The molecule has 0 bridgehead atoms. The van der Waals surface area contributed by atoms with Crippen molar-refractivity contribution >= 4 is 0 Å². The molecule has 2 atom stereocenters. The zero-order valence-corrected chi connectivity index (χ0v) is 11.4. The Morgan fingerprint density at radius 1 is 1.29 bits per heavy atom. The lowest BCUT2D eigenvalue weighted by molar-refractivity contribution is 0.291. The van der Waals surface area contributed by atoms with E-state index in [1.165, 1.54) is 18.2 Å². The molecule has 3 rings (SSSR count). The fourth-order valence-corrected chi connectivity index (χ4v) is 2.87. The van der Waals surface area contributed by atoms with Crippen molar-refractivity contribution < 1.29 is 13.3 Å². The van der Waals surface area contributed by atoms with E-state index in [4.69, 9.17) is 4.52 Å². The number of hydrogen-bond acceptors (Lipinski definition) is 3. The number of rotatable bonds is 3. The SMILES string of the molecule is O=c1cc([C@H]2CCN[C@H](Cc3ccc(F)cc3F)C2)o[nH]1. The highest BCUT2D eigenvalue weighted by molar-refractivity contribution is 5.20. The number of aromatic nitrogens is 1. The highest BCUT2D eigenvalue weighted by Crippen LogP contribution is 2.28. The molecule has 0 unspecified atom stereocenters. The molecule has 2 heterocycles. The van der Waals surface area contributed by atoms with E-state index < -0.39 is 11.6 Å². The van der Waals surface area contributed by atoms with Crippen molar-refractivity contribution in [3.8, 4) is 0 Å². The van der Waals surface area contributed by atoms with Crippen molar-refractivity contribution in [2.24, 2.45) is 0 Å². The van der Waals surface area contributed by atoms with Gasteiger partial charge in [-0.1, -0.05) is 6.07 Å². The Hall–Kier alpha value is -1.95. The zero-order chi connectivity index (χ0) is 14.8. The minimum absolute atomic E-state index is 0.0731. The van der Waals surface area contributed by atoms with Crippen LogP contribution in [0.25, 0.3) is 0 Å². The summed E-state index contributed by atoms with van der Waals surface area (Å²) in [4.78, 5) is 11.1. The highest BCUT2D eigenvalue weighted by Gasteiger charge is 2.26. The Morgan fingerprint density at radius 2 is 2.14 bits per heavy atom. The third kappa shape index (κ3) is 3.21. The number of H-pyrrole nitrogens is 1. The molecule has 1 aromatic carbocycles. The maximum absolute atomic E-state index is 13.7. The first-order valence-electron chi connectivity index (χ1n) is 6.97. The van der Waals surface area contributed by atoms with Crippen LogP contribution in [0.15, 0.2) is 33.6 Å². The van der Waals surface area contributed by atoms with Crippen molar-refractivity contribution in [1.82, 2.24) is 10.5 Å². The van der Waals surface area contributed by atoms with Gasteiger partial charge in [0, 0.05) is 24.1 Å². The maximum Gasteiger partial charge on any atom is 0.280 e. The van der Waals surface area contributed by atoms with Gasteiger partial charge in [0.1, 0.15) is 17.4 Å². The van der Waals surface area contributed by atoms with Crippen molar-refractivity contribution in [3.63, 3.8) is 0 Å². The lowest BCUT2D eigenvalue weighted by Crippen LogP contribution is -2.38. The Morgan fingerprint density at radius 3 is 2.86 bits per heavy atom. The topological polar surface area (TPSA) is 58.0 Å². The lowest BCUT2D eigenvalue weighted by atomic mass is 9.87. The first-order chi connectivity index (χ1) is 10.1. The van der Waals surface area contributed by atoms with E-state index in [1.54, 1.807) is 0 Å². The van der Waals surface area contributed by atoms with E-state index in [-0.39, 0.29) is 17.5 Å². The quantitative estimate of drug-likeness (QED) is 0.913. The molecule has 1 aliphatic rings. The molecule has 1 fully saturated rings. The normalized spacial score (nSPS) is 22.4. The van der Waals surface area contributed by atoms with Gasteiger partial charge in [-0.25, -0.2) is 8.78 Å². The largest absolute Gasteiger partial charge is 0.383 e. The second-order valence-electron chi connectivity index (χ2n) is 5.43. The summed E-state index contributed by atoms with van der Waals surface area (Å²) < 4.78 is 31.8. The monoisotopic (exact) mass is 294 g/mol. The van der Waals surface area contributed by atoms with Crippen LogP contribution in [0.3, 0.4) is 0 Å². The number of benzene rings is 1. The molecule has 6 heteroatoms. The van der Waals surface area contributed by atoms with Crippen LogP contribution in [0, 0.1) is 11.6 Å². The van der Waals surface area contributed by atoms with Gasteiger partial charge in [-0.05, 0) is 37.4 Å². The molecule has 1 aromatic heterocycles. The van der Waals surface area contributed by atoms with Crippen LogP contribution < -0.4 is 10.9 Å². The van der Waals surface area contributed by atoms with Gasteiger partial charge >= 0.3 is 0 Å². The van der Waals surface area contributed by atoms with Gasteiger partial charge in [0.05, 0.1) is 0 Å². The molecular formula is C15H16F2N2O2. The number of aromatic amines is 1. The summed E-state index contributed by atoms with van der Waals surface area (Å²) >= 11 is 0. The number of hydrogen-bond donors (Lipinski definition) is 2. The first-order valence-corrected chi connectivity index (χ1v) is 6.97. The van der Waals surface area contributed by atoms with Crippen LogP contribution in [-0.2, 0) is 6.42 Å². The van der Waals surface area contributed by atoms with E-state index >= 15 is 0 Å². The number of nitrogens with one attached hydrogen (secondary N) is 2. The molecule has 2 aromatic rings. The van der Waals surface area contributed by atoms with Crippen molar-refractivity contribution in [3.05, 3.63) is 57.6 Å². The van der Waals surface area contributed by atoms with Crippen LogP contribution in [-0.4, -0.2) is 17.7 Å². The second-order valence-corrected chi connectivity index (χ2v) is 5.43. The molecule has 1 aliphatic heterocycles. The fraction of sp³-hybridized carbons (Fsp3) is 0.400. The number of piperidine rings is 1. The third-order valence-corrected chi connectivity index (χ3v) is 3.92. The van der Waals surface area contributed by atoms with Gasteiger partial charge in [-0.3, -0.25) is 4.79 Å². The summed E-state index contributed by atoms with van der Waals surface area (Å²) in [5.41, 5.74) is 0.245. The van der Waals surface area contributed by atoms with Gasteiger partial charge < -0.3 is 9.84 Å². The highest BCUT2D eigenvalue weighted by atomic mass is 19.1. The summed E-state index contributed by atoms with van der Waals surface area (Å²) in [5.74, 6) is -0.309. The van der Waals surface area contributed by atoms with E-state index in [2.05, 4.69) is 10.5 Å². The van der Waals surface area contributed by atoms with Crippen LogP contribution in [0.2, 0.25) is 0 Å². The minimum Gasteiger partial charge on any atom is -0.383 e. The Balaban J connectivity index is 1.70. The molecule has 0 radical (unpaired) electrons. The van der Waals surface area contributed by atoms with Gasteiger partial charge in [0.15, 0.2) is 0 Å². The van der Waals surface area contributed by atoms with Gasteiger partial charge in [0.25, 0.3) is 5.56 Å². The molecule has 0 aliphatic carbocycles. The van der Waals surface area contributed by atoms with Gasteiger partial charge in [0.2, 0.25) is 0 Å². The predicted molar refractivity (Wildman–Crippen MR) is 73.2 cm³/mol. The second kappa shape index (κ2) is 5.81.